The van der Waals surface area contributed by atoms with Crippen molar-refractivity contribution in [3.05, 3.63) is 29.8 Å². The van der Waals surface area contributed by atoms with Gasteiger partial charge >= 0.3 is 0 Å². The third kappa shape index (κ3) is 7.88. The topological polar surface area (TPSA) is 127 Å². The second kappa shape index (κ2) is 12.9. The number of amides is 1. The van der Waals surface area contributed by atoms with E-state index >= 15 is 0 Å². The number of aliphatic hydroxyl groups excluding tert-OH is 4. The lowest BCUT2D eigenvalue weighted by Crippen LogP contribution is -2.30. The minimum atomic E-state index is -1.39. The monoisotopic (exact) mass is 457 g/mol. The highest BCUT2D eigenvalue weighted by atomic mass is 19.2. The summed E-state index contributed by atoms with van der Waals surface area (Å²) in [5.74, 6) is -3.48. The Labute approximate surface area is 186 Å². The minimum absolute atomic E-state index is 0.0304. The summed E-state index contributed by atoms with van der Waals surface area (Å²) in [4.78, 5) is 23.2. The number of carbonyl (C=O) groups is 2. The number of benzene rings is 1. The van der Waals surface area contributed by atoms with Gasteiger partial charge in [0.25, 0.3) is 5.91 Å². The molecule has 0 bridgehead atoms. The summed E-state index contributed by atoms with van der Waals surface area (Å²) in [6, 6.07) is 2.89. The van der Waals surface area contributed by atoms with E-state index in [4.69, 9.17) is 5.11 Å². The Morgan fingerprint density at radius 3 is 2.31 bits per heavy atom. The summed E-state index contributed by atoms with van der Waals surface area (Å²) >= 11 is 0. The molecule has 180 valence electrons. The van der Waals surface area contributed by atoms with E-state index in [-0.39, 0.29) is 36.1 Å². The molecule has 1 aromatic carbocycles. The van der Waals surface area contributed by atoms with Gasteiger partial charge in [-0.2, -0.15) is 0 Å². The molecule has 0 aliphatic heterocycles. The molecule has 1 aliphatic carbocycles. The van der Waals surface area contributed by atoms with Gasteiger partial charge in [-0.15, -0.1) is 0 Å². The average Bonchev–Trinajstić information content (AvgIpc) is 3.03. The number of halogens is 2. The Hall–Kier alpha value is -1.94. The number of hydrogen-bond acceptors (Lipinski definition) is 6. The number of aliphatic hydroxyl groups is 4. The highest BCUT2D eigenvalue weighted by molar-refractivity contribution is 5.93. The number of carbonyl (C=O) groups excluding carboxylic acids is 2. The van der Waals surface area contributed by atoms with Gasteiger partial charge in [-0.3, -0.25) is 9.59 Å². The molecule has 2 rings (SSSR count). The molecule has 32 heavy (non-hydrogen) atoms. The molecule has 0 heterocycles. The SMILES string of the molecule is O=C(CO)CCCCCC[C@@H]1[C@@H](CCC(O)C(=O)Nc2ccc(F)c(F)c2)[C@H](O)C[C@@H]1O. The molecular formula is C23H33F2NO6. The lowest BCUT2D eigenvalue weighted by Gasteiger charge is -2.24. The van der Waals surface area contributed by atoms with Gasteiger partial charge in [-0.05, 0) is 56.1 Å². The van der Waals surface area contributed by atoms with E-state index in [1.54, 1.807) is 0 Å². The van der Waals surface area contributed by atoms with Crippen LogP contribution in [-0.2, 0) is 9.59 Å². The molecule has 1 saturated carbocycles. The number of nitrogens with one attached hydrogen (secondary N) is 1. The molecule has 0 radical (unpaired) electrons. The Bertz CT molecular complexity index is 762. The third-order valence-electron chi connectivity index (χ3n) is 6.20. The van der Waals surface area contributed by atoms with Gasteiger partial charge in [0.2, 0.25) is 0 Å². The Morgan fingerprint density at radius 1 is 1.00 bits per heavy atom. The molecule has 0 aromatic heterocycles. The fourth-order valence-corrected chi connectivity index (χ4v) is 4.40. The predicted octanol–water partition coefficient (Wildman–Crippen LogP) is 2.30. The fourth-order valence-electron chi connectivity index (χ4n) is 4.40. The van der Waals surface area contributed by atoms with Crippen LogP contribution < -0.4 is 5.32 Å². The highest BCUT2D eigenvalue weighted by Crippen LogP contribution is 2.39. The van der Waals surface area contributed by atoms with Crippen molar-refractivity contribution in [3.63, 3.8) is 0 Å². The van der Waals surface area contributed by atoms with Crippen LogP contribution in [0.1, 0.15) is 57.8 Å². The smallest absolute Gasteiger partial charge is 0.253 e. The normalized spacial score (nSPS) is 23.8. The van der Waals surface area contributed by atoms with Crippen molar-refractivity contribution in [1.82, 2.24) is 0 Å². The second-order valence-corrected chi connectivity index (χ2v) is 8.56. The number of hydrogen-bond donors (Lipinski definition) is 5. The van der Waals surface area contributed by atoms with Gasteiger partial charge in [0.05, 0.1) is 12.2 Å². The molecule has 0 saturated heterocycles. The Balaban J connectivity index is 1.77. The zero-order chi connectivity index (χ0) is 23.7. The van der Waals surface area contributed by atoms with E-state index in [0.717, 1.165) is 31.4 Å². The molecule has 0 spiro atoms. The molecule has 1 aromatic rings. The van der Waals surface area contributed by atoms with Crippen molar-refractivity contribution >= 4 is 17.4 Å². The first-order valence-corrected chi connectivity index (χ1v) is 11.2. The molecule has 5 atom stereocenters. The zero-order valence-corrected chi connectivity index (χ0v) is 18.1. The van der Waals surface area contributed by atoms with Gasteiger partial charge in [-0.25, -0.2) is 8.78 Å². The molecule has 7 nitrogen and oxygen atoms in total. The van der Waals surface area contributed by atoms with Crippen molar-refractivity contribution < 1.29 is 38.8 Å². The molecule has 9 heteroatoms. The maximum absolute atomic E-state index is 13.3. The first-order valence-electron chi connectivity index (χ1n) is 11.2. The number of ketones is 1. The van der Waals surface area contributed by atoms with E-state index in [0.29, 0.717) is 25.7 Å². The van der Waals surface area contributed by atoms with E-state index in [1.165, 1.54) is 6.07 Å². The Morgan fingerprint density at radius 2 is 1.66 bits per heavy atom. The maximum Gasteiger partial charge on any atom is 0.253 e. The largest absolute Gasteiger partial charge is 0.393 e. The first-order chi connectivity index (χ1) is 15.2. The summed E-state index contributed by atoms with van der Waals surface area (Å²) in [6.07, 6.45) is 2.14. The predicted molar refractivity (Wildman–Crippen MR) is 114 cm³/mol. The lowest BCUT2D eigenvalue weighted by molar-refractivity contribution is -0.124. The van der Waals surface area contributed by atoms with Gasteiger partial charge in [-0.1, -0.05) is 19.3 Å². The van der Waals surface area contributed by atoms with Crippen LogP contribution in [0.4, 0.5) is 14.5 Å². The van der Waals surface area contributed by atoms with Crippen molar-refractivity contribution in [2.75, 3.05) is 11.9 Å². The summed E-state index contributed by atoms with van der Waals surface area (Å²) in [5, 5.41) is 41.9. The molecular weight excluding hydrogens is 424 g/mol. The molecule has 1 aliphatic rings. The van der Waals surface area contributed by atoms with Crippen molar-refractivity contribution in [3.8, 4) is 0 Å². The number of anilines is 1. The number of Topliss-reactive ketones (excluding diaryl/α,β-unsaturated/α-hetero) is 1. The van der Waals surface area contributed by atoms with Crippen LogP contribution in [0.5, 0.6) is 0 Å². The molecule has 1 unspecified atom stereocenters. The van der Waals surface area contributed by atoms with Crippen LogP contribution >= 0.6 is 0 Å². The van der Waals surface area contributed by atoms with Gasteiger partial charge < -0.3 is 25.7 Å². The first kappa shape index (κ1) is 26.3. The van der Waals surface area contributed by atoms with Gasteiger partial charge in [0, 0.05) is 18.2 Å². The molecule has 1 fully saturated rings. The van der Waals surface area contributed by atoms with Crippen LogP contribution in [0.15, 0.2) is 18.2 Å². The summed E-state index contributed by atoms with van der Waals surface area (Å²) in [6.45, 7) is -0.432. The number of unbranched alkanes of at least 4 members (excludes halogenated alkanes) is 3. The van der Waals surface area contributed by atoms with Crippen molar-refractivity contribution in [1.29, 1.82) is 0 Å². The van der Waals surface area contributed by atoms with E-state index in [1.807, 2.05) is 0 Å². The fraction of sp³-hybridized carbons (Fsp3) is 0.652. The summed E-state index contributed by atoms with van der Waals surface area (Å²) < 4.78 is 26.2. The second-order valence-electron chi connectivity index (χ2n) is 8.56. The maximum atomic E-state index is 13.3. The quantitative estimate of drug-likeness (QED) is 0.289. The highest BCUT2D eigenvalue weighted by Gasteiger charge is 2.41. The minimum Gasteiger partial charge on any atom is -0.393 e. The van der Waals surface area contributed by atoms with Crippen molar-refractivity contribution in [2.24, 2.45) is 11.8 Å². The molecule has 1 amide bonds. The van der Waals surface area contributed by atoms with Crippen LogP contribution in [0.2, 0.25) is 0 Å². The van der Waals surface area contributed by atoms with Gasteiger partial charge in [0.15, 0.2) is 17.4 Å². The molecule has 5 N–H and O–H groups in total. The third-order valence-corrected chi connectivity index (χ3v) is 6.20. The van der Waals surface area contributed by atoms with E-state index in [2.05, 4.69) is 5.32 Å². The van der Waals surface area contributed by atoms with Crippen LogP contribution in [0.3, 0.4) is 0 Å². The summed E-state index contributed by atoms with van der Waals surface area (Å²) in [7, 11) is 0. The Kier molecular flexibility index (Phi) is 10.6. The zero-order valence-electron chi connectivity index (χ0n) is 18.1. The lowest BCUT2D eigenvalue weighted by atomic mass is 9.84. The van der Waals surface area contributed by atoms with Crippen LogP contribution in [0.25, 0.3) is 0 Å². The summed E-state index contributed by atoms with van der Waals surface area (Å²) in [5.41, 5.74) is 0.0304. The van der Waals surface area contributed by atoms with Gasteiger partial charge in [0.1, 0.15) is 12.7 Å². The average molecular weight is 458 g/mol. The van der Waals surface area contributed by atoms with E-state index < -0.39 is 42.5 Å². The van der Waals surface area contributed by atoms with Crippen LogP contribution in [0, 0.1) is 23.5 Å². The van der Waals surface area contributed by atoms with E-state index in [9.17, 15) is 33.7 Å². The number of rotatable bonds is 13. The van der Waals surface area contributed by atoms with Crippen molar-refractivity contribution in [2.45, 2.75) is 76.1 Å². The van der Waals surface area contributed by atoms with Crippen LogP contribution in [-0.4, -0.2) is 57.0 Å². The standard InChI is InChI=1S/C23H33F2NO6/c24-18-9-7-14(11-19(18)25)26-23(32)20(29)10-8-17-16(21(30)12-22(17)31)6-4-2-1-3-5-15(28)13-27/h7,9,11,16-17,20-22,27,29-31H,1-6,8,10,12-13H2,(H,26,32)/t16-,17-,20?,21+,22-/m1/s1.